The molecule has 22 heavy (non-hydrogen) atoms. The molecule has 2 unspecified atom stereocenters. The summed E-state index contributed by atoms with van der Waals surface area (Å²) in [5.74, 6) is -0.386. The molecule has 0 aromatic rings. The number of esters is 1. The van der Waals surface area contributed by atoms with Crippen molar-refractivity contribution in [3.8, 4) is 0 Å². The number of carbonyl (C=O) groups is 1. The highest BCUT2D eigenvalue weighted by Crippen LogP contribution is 2.17. The molecule has 1 rings (SSSR count). The van der Waals surface area contributed by atoms with E-state index in [0.29, 0.717) is 6.61 Å². The molecule has 1 fully saturated rings. The third-order valence-electron chi connectivity index (χ3n) is 2.15. The van der Waals surface area contributed by atoms with Crippen molar-refractivity contribution in [1.82, 2.24) is 5.32 Å². The van der Waals surface area contributed by atoms with Gasteiger partial charge in [0, 0.05) is 14.2 Å². The lowest BCUT2D eigenvalue weighted by atomic mass is 10.2. The van der Waals surface area contributed by atoms with Crippen molar-refractivity contribution in [1.29, 1.82) is 0 Å². The normalized spacial score (nSPS) is 18.9. The number of hydrogen-bond donors (Lipinski definition) is 4. The van der Waals surface area contributed by atoms with Crippen LogP contribution in [0.5, 0.6) is 0 Å². The number of nitrogens with two attached hydrogens (primary N) is 1. The maximum atomic E-state index is 10.8. The average molecular weight is 322 g/mol. The molecule has 1 aliphatic heterocycles. The van der Waals surface area contributed by atoms with Gasteiger partial charge in [0.05, 0.1) is 12.6 Å². The van der Waals surface area contributed by atoms with Crippen molar-refractivity contribution in [3.63, 3.8) is 0 Å². The van der Waals surface area contributed by atoms with E-state index in [4.69, 9.17) is 25.4 Å². The van der Waals surface area contributed by atoms with Crippen LogP contribution in [0.1, 0.15) is 40.0 Å². The molecule has 1 heterocycles. The van der Waals surface area contributed by atoms with E-state index in [2.05, 4.69) is 19.2 Å². The average Bonchev–Trinajstić information content (AvgIpc) is 3.03. The summed E-state index contributed by atoms with van der Waals surface area (Å²) in [6.45, 7) is 6.40. The van der Waals surface area contributed by atoms with Gasteiger partial charge in [-0.3, -0.25) is 4.79 Å². The number of hydrogen-bond acceptors (Lipinski definition) is 7. The van der Waals surface area contributed by atoms with Crippen LogP contribution in [-0.2, 0) is 14.3 Å². The lowest BCUT2D eigenvalue weighted by molar-refractivity contribution is -0.146. The van der Waals surface area contributed by atoms with Crippen molar-refractivity contribution in [2.24, 2.45) is 5.73 Å². The van der Waals surface area contributed by atoms with E-state index in [0.717, 1.165) is 27.1 Å². The molecule has 134 valence electrons. The van der Waals surface area contributed by atoms with Gasteiger partial charge < -0.3 is 30.7 Å². The highest BCUT2D eigenvalue weighted by Gasteiger charge is 2.25. The second-order valence-corrected chi connectivity index (χ2v) is 4.08. The molecule has 5 N–H and O–H groups in total. The van der Waals surface area contributed by atoms with Gasteiger partial charge in [-0.1, -0.05) is 26.3 Å². The van der Waals surface area contributed by atoms with Gasteiger partial charge in [-0.05, 0) is 26.0 Å². The first kappa shape index (κ1) is 25.8. The fraction of sp³-hybridized carbons (Fsp3) is 0.800. The summed E-state index contributed by atoms with van der Waals surface area (Å²) in [5.41, 5.74) is 5.11. The van der Waals surface area contributed by atoms with E-state index in [9.17, 15) is 4.79 Å². The van der Waals surface area contributed by atoms with Crippen molar-refractivity contribution in [2.75, 3.05) is 27.4 Å². The van der Waals surface area contributed by atoms with Gasteiger partial charge >= 0.3 is 5.97 Å². The first-order valence-corrected chi connectivity index (χ1v) is 7.45. The Morgan fingerprint density at radius 2 is 1.86 bits per heavy atom. The fourth-order valence-electron chi connectivity index (χ4n) is 1.40. The number of carbonyl (C=O) groups excluding carboxylic acids is 1. The molecule has 0 aliphatic carbocycles. The van der Waals surface area contributed by atoms with Gasteiger partial charge in [0.2, 0.25) is 0 Å². The largest absolute Gasteiger partial charge is 0.462 e. The van der Waals surface area contributed by atoms with Gasteiger partial charge in [0.1, 0.15) is 12.8 Å². The fourth-order valence-corrected chi connectivity index (χ4v) is 1.40. The minimum absolute atomic E-state index is 0.0109. The Balaban J connectivity index is -0.000000446. The minimum Gasteiger partial charge on any atom is -0.462 e. The summed E-state index contributed by atoms with van der Waals surface area (Å²) in [6, 6.07) is 0. The van der Waals surface area contributed by atoms with E-state index in [1.165, 1.54) is 6.42 Å². The van der Waals surface area contributed by atoms with Crippen LogP contribution in [0.4, 0.5) is 0 Å². The first-order chi connectivity index (χ1) is 10.7. The Morgan fingerprint density at radius 3 is 2.32 bits per heavy atom. The second kappa shape index (κ2) is 22.1. The van der Waals surface area contributed by atoms with Crippen LogP contribution in [0.25, 0.3) is 0 Å². The van der Waals surface area contributed by atoms with Gasteiger partial charge in [-0.15, -0.1) is 0 Å². The van der Waals surface area contributed by atoms with E-state index in [1.807, 2.05) is 19.2 Å². The van der Waals surface area contributed by atoms with E-state index < -0.39 is 0 Å². The standard InChI is InChI=1S/C10H18N2O3.C3H8.2CH4O/c1-2-5-12-9-4-3-8(15-9)7-14-10(13)6-11;1-3-2;2*1-2/h2,5,8-9,12H,3-4,6-7,11H2,1H3;3H2,1-2H3;2*2H,1H3/b5-2-;;;. The molecule has 0 saturated carbocycles. The Labute approximate surface area is 134 Å². The van der Waals surface area contributed by atoms with Crippen LogP contribution in [0.15, 0.2) is 12.3 Å². The Kier molecular flexibility index (Phi) is 25.9. The highest BCUT2D eigenvalue weighted by atomic mass is 16.6. The van der Waals surface area contributed by atoms with Crippen molar-refractivity contribution in [3.05, 3.63) is 12.3 Å². The number of ether oxygens (including phenoxy) is 2. The van der Waals surface area contributed by atoms with Crippen molar-refractivity contribution >= 4 is 5.97 Å². The van der Waals surface area contributed by atoms with Gasteiger partial charge in [-0.2, -0.15) is 0 Å². The third kappa shape index (κ3) is 16.9. The minimum atomic E-state index is -0.386. The van der Waals surface area contributed by atoms with Crippen LogP contribution in [-0.4, -0.2) is 55.9 Å². The molecule has 0 amide bonds. The first-order valence-electron chi connectivity index (χ1n) is 7.45. The van der Waals surface area contributed by atoms with Crippen LogP contribution < -0.4 is 11.1 Å². The third-order valence-corrected chi connectivity index (χ3v) is 2.15. The lowest BCUT2D eigenvalue weighted by Gasteiger charge is -2.13. The zero-order valence-electron chi connectivity index (χ0n) is 14.5. The molecule has 7 nitrogen and oxygen atoms in total. The lowest BCUT2D eigenvalue weighted by Crippen LogP contribution is -2.27. The zero-order valence-corrected chi connectivity index (χ0v) is 14.5. The van der Waals surface area contributed by atoms with Gasteiger partial charge in [0.25, 0.3) is 0 Å². The number of aliphatic hydroxyl groups excluding tert-OH is 2. The summed E-state index contributed by atoms with van der Waals surface area (Å²) in [5, 5.41) is 17.1. The van der Waals surface area contributed by atoms with Crippen LogP contribution >= 0.6 is 0 Å². The molecule has 0 spiro atoms. The van der Waals surface area contributed by atoms with Crippen LogP contribution in [0, 0.1) is 0 Å². The van der Waals surface area contributed by atoms with Crippen molar-refractivity contribution in [2.45, 2.75) is 52.4 Å². The molecule has 1 saturated heterocycles. The van der Waals surface area contributed by atoms with E-state index in [1.54, 1.807) is 0 Å². The molecular weight excluding hydrogens is 288 g/mol. The monoisotopic (exact) mass is 322 g/mol. The number of nitrogens with one attached hydrogen (secondary N) is 1. The summed E-state index contributed by atoms with van der Waals surface area (Å²) < 4.78 is 10.5. The predicted octanol–water partition coefficient (Wildman–Crippen LogP) is 0.750. The molecule has 0 bridgehead atoms. The second-order valence-electron chi connectivity index (χ2n) is 4.08. The molecule has 7 heteroatoms. The number of rotatable bonds is 5. The summed E-state index contributed by atoms with van der Waals surface area (Å²) in [4.78, 5) is 10.8. The SMILES string of the molecule is C/C=C\NC1CCC(COC(=O)CN)O1.CCC.CO.CO. The summed E-state index contributed by atoms with van der Waals surface area (Å²) in [7, 11) is 2.00. The molecular formula is C15H34N2O5. The highest BCUT2D eigenvalue weighted by molar-refractivity contribution is 5.71. The number of allylic oxidation sites excluding steroid dienone is 1. The predicted molar refractivity (Wildman–Crippen MR) is 88.1 cm³/mol. The Morgan fingerprint density at radius 1 is 1.32 bits per heavy atom. The molecule has 0 aromatic heterocycles. The van der Waals surface area contributed by atoms with Crippen LogP contribution in [0.2, 0.25) is 0 Å². The molecule has 0 radical (unpaired) electrons. The molecule has 2 atom stereocenters. The smallest absolute Gasteiger partial charge is 0.319 e. The van der Waals surface area contributed by atoms with Crippen molar-refractivity contribution < 1.29 is 24.5 Å². The Bertz CT molecular complexity index is 250. The van der Waals surface area contributed by atoms with E-state index >= 15 is 0 Å². The number of aliphatic hydroxyl groups is 2. The maximum absolute atomic E-state index is 10.8. The van der Waals surface area contributed by atoms with E-state index in [-0.39, 0.29) is 24.8 Å². The van der Waals surface area contributed by atoms with Gasteiger partial charge in [-0.25, -0.2) is 0 Å². The molecule has 0 aromatic carbocycles. The topological polar surface area (TPSA) is 114 Å². The van der Waals surface area contributed by atoms with Crippen LogP contribution in [0.3, 0.4) is 0 Å². The maximum Gasteiger partial charge on any atom is 0.319 e. The molecule has 1 aliphatic rings. The van der Waals surface area contributed by atoms with Gasteiger partial charge in [0.15, 0.2) is 0 Å². The Hall–Kier alpha value is -1.15. The summed E-state index contributed by atoms with van der Waals surface area (Å²) in [6.07, 6.45) is 6.85. The summed E-state index contributed by atoms with van der Waals surface area (Å²) >= 11 is 0. The zero-order chi connectivity index (χ0) is 17.8. The quantitative estimate of drug-likeness (QED) is 0.552.